The lowest BCUT2D eigenvalue weighted by Gasteiger charge is -2.29. The molecule has 2 aromatic rings. The summed E-state index contributed by atoms with van der Waals surface area (Å²) in [7, 11) is -3.53. The van der Waals surface area contributed by atoms with Crippen LogP contribution in [0.1, 0.15) is 26.7 Å². The Hall–Kier alpha value is -1.60. The van der Waals surface area contributed by atoms with Crippen LogP contribution >= 0.6 is 0 Å². The van der Waals surface area contributed by atoms with E-state index in [2.05, 4.69) is 6.92 Å². The first-order valence-electron chi connectivity index (χ1n) is 7.57. The van der Waals surface area contributed by atoms with E-state index < -0.39 is 15.8 Å². The summed E-state index contributed by atoms with van der Waals surface area (Å²) in [6.07, 6.45) is 1.76. The van der Waals surface area contributed by atoms with E-state index in [-0.39, 0.29) is 4.90 Å². The maximum atomic E-state index is 12.7. The summed E-state index contributed by atoms with van der Waals surface area (Å²) in [5.41, 5.74) is 0.942. The topological polar surface area (TPSA) is 72.5 Å². The number of nitrogens with zero attached hydrogens (tertiary/aromatic N) is 2. The molecule has 1 aliphatic rings. The molecule has 0 spiro atoms. The Bertz CT molecular complexity index is 842. The number of rotatable bonds is 3. The molecule has 3 rings (SSSR count). The van der Waals surface area contributed by atoms with Crippen LogP contribution < -0.4 is 5.76 Å². The molecular formula is C15H20N2O4S. The van der Waals surface area contributed by atoms with E-state index in [9.17, 15) is 13.2 Å². The lowest BCUT2D eigenvalue weighted by molar-refractivity contribution is 0.288. The molecule has 22 heavy (non-hydrogen) atoms. The van der Waals surface area contributed by atoms with E-state index in [0.717, 1.165) is 12.8 Å². The van der Waals surface area contributed by atoms with Gasteiger partial charge in [-0.3, -0.25) is 4.57 Å². The summed E-state index contributed by atoms with van der Waals surface area (Å²) >= 11 is 0. The zero-order chi connectivity index (χ0) is 15.9. The number of sulfonamides is 1. The predicted molar refractivity (Wildman–Crippen MR) is 83.3 cm³/mol. The number of oxazole rings is 1. The molecule has 0 aliphatic carbocycles. The molecule has 0 saturated carbocycles. The average molecular weight is 324 g/mol. The van der Waals surface area contributed by atoms with Gasteiger partial charge < -0.3 is 4.42 Å². The number of fused-ring (bicyclic) bond motifs is 1. The van der Waals surface area contributed by atoms with Crippen molar-refractivity contribution in [1.29, 1.82) is 0 Å². The fourth-order valence-electron chi connectivity index (χ4n) is 2.88. The molecule has 1 aromatic carbocycles. The third-order valence-corrected chi connectivity index (χ3v) is 6.23. The minimum atomic E-state index is -3.53. The number of benzene rings is 1. The number of aromatic nitrogens is 1. The van der Waals surface area contributed by atoms with Crippen molar-refractivity contribution in [3.63, 3.8) is 0 Å². The first kappa shape index (κ1) is 15.3. The lowest BCUT2D eigenvalue weighted by Crippen LogP contribution is -2.37. The highest BCUT2D eigenvalue weighted by atomic mass is 32.2. The number of piperidine rings is 1. The van der Waals surface area contributed by atoms with Crippen LogP contribution in [0.2, 0.25) is 0 Å². The van der Waals surface area contributed by atoms with Gasteiger partial charge in [0.2, 0.25) is 10.0 Å². The SMILES string of the molecule is CCn1c(=O)oc2cc(S(=O)(=O)N3CCC(C)CC3)ccc21. The summed E-state index contributed by atoms with van der Waals surface area (Å²) in [5, 5.41) is 0. The Morgan fingerprint density at radius 1 is 1.27 bits per heavy atom. The van der Waals surface area contributed by atoms with Gasteiger partial charge in [-0.2, -0.15) is 4.31 Å². The van der Waals surface area contributed by atoms with Gasteiger partial charge in [-0.1, -0.05) is 6.92 Å². The summed E-state index contributed by atoms with van der Waals surface area (Å²) < 4.78 is 33.5. The molecule has 120 valence electrons. The summed E-state index contributed by atoms with van der Waals surface area (Å²) in [5.74, 6) is 0.101. The first-order valence-corrected chi connectivity index (χ1v) is 9.01. The van der Waals surface area contributed by atoms with Gasteiger partial charge in [-0.05, 0) is 37.8 Å². The number of hydrogen-bond donors (Lipinski definition) is 0. The molecular weight excluding hydrogens is 304 g/mol. The van der Waals surface area contributed by atoms with Crippen molar-refractivity contribution in [1.82, 2.24) is 8.87 Å². The van der Waals surface area contributed by atoms with Gasteiger partial charge in [0.1, 0.15) is 0 Å². The van der Waals surface area contributed by atoms with Gasteiger partial charge >= 0.3 is 5.76 Å². The van der Waals surface area contributed by atoms with Crippen LogP contribution in [0.4, 0.5) is 0 Å². The van der Waals surface area contributed by atoms with Crippen molar-refractivity contribution in [3.8, 4) is 0 Å². The summed E-state index contributed by atoms with van der Waals surface area (Å²) in [6.45, 7) is 5.55. The van der Waals surface area contributed by atoms with Gasteiger partial charge in [-0.15, -0.1) is 0 Å². The highest BCUT2D eigenvalue weighted by molar-refractivity contribution is 7.89. The molecule has 7 heteroatoms. The third kappa shape index (κ3) is 2.48. The van der Waals surface area contributed by atoms with Crippen LogP contribution in [0.5, 0.6) is 0 Å². The van der Waals surface area contributed by atoms with Crippen molar-refractivity contribution in [2.75, 3.05) is 13.1 Å². The van der Waals surface area contributed by atoms with E-state index in [4.69, 9.17) is 4.42 Å². The largest absolute Gasteiger partial charge is 0.419 e. The van der Waals surface area contributed by atoms with Crippen LogP contribution in [0.3, 0.4) is 0 Å². The second-order valence-corrected chi connectivity index (χ2v) is 7.77. The monoisotopic (exact) mass is 324 g/mol. The Morgan fingerprint density at radius 2 is 1.95 bits per heavy atom. The molecule has 0 unspecified atom stereocenters. The molecule has 0 bridgehead atoms. The molecule has 2 heterocycles. The fourth-order valence-corrected chi connectivity index (χ4v) is 4.37. The Morgan fingerprint density at radius 3 is 2.59 bits per heavy atom. The van der Waals surface area contributed by atoms with Crippen LogP contribution in [0, 0.1) is 5.92 Å². The highest BCUT2D eigenvalue weighted by Gasteiger charge is 2.28. The summed E-state index contributed by atoms with van der Waals surface area (Å²) in [4.78, 5) is 11.9. The molecule has 1 aliphatic heterocycles. The van der Waals surface area contributed by atoms with Crippen LogP contribution in [0.25, 0.3) is 11.1 Å². The molecule has 1 saturated heterocycles. The van der Waals surface area contributed by atoms with Crippen molar-refractivity contribution in [2.24, 2.45) is 5.92 Å². The predicted octanol–water partition coefficient (Wildman–Crippen LogP) is 2.04. The van der Waals surface area contributed by atoms with Crippen LogP contribution in [-0.4, -0.2) is 30.4 Å². The zero-order valence-corrected chi connectivity index (χ0v) is 13.6. The Labute approximate surface area is 129 Å². The average Bonchev–Trinajstić information content (AvgIpc) is 2.81. The maximum absolute atomic E-state index is 12.7. The van der Waals surface area contributed by atoms with Gasteiger partial charge in [0.05, 0.1) is 10.4 Å². The molecule has 0 atom stereocenters. The smallest absolute Gasteiger partial charge is 0.408 e. The minimum Gasteiger partial charge on any atom is -0.408 e. The normalized spacial score (nSPS) is 18.1. The van der Waals surface area contributed by atoms with E-state index in [0.29, 0.717) is 36.7 Å². The molecule has 0 radical (unpaired) electrons. The van der Waals surface area contributed by atoms with Gasteiger partial charge in [0.25, 0.3) is 0 Å². The van der Waals surface area contributed by atoms with Gasteiger partial charge in [-0.25, -0.2) is 13.2 Å². The third-order valence-electron chi connectivity index (χ3n) is 4.34. The van der Waals surface area contributed by atoms with Crippen LogP contribution in [-0.2, 0) is 16.6 Å². The second-order valence-electron chi connectivity index (χ2n) is 5.83. The summed E-state index contributed by atoms with van der Waals surface area (Å²) in [6, 6.07) is 4.65. The van der Waals surface area contributed by atoms with Crippen molar-refractivity contribution in [2.45, 2.75) is 38.1 Å². The molecule has 1 aromatic heterocycles. The molecule has 1 fully saturated rings. The fraction of sp³-hybridized carbons (Fsp3) is 0.533. The Kier molecular flexibility index (Phi) is 3.86. The molecule has 6 nitrogen and oxygen atoms in total. The number of aryl methyl sites for hydroxylation is 1. The standard InChI is InChI=1S/C15H20N2O4S/c1-3-17-13-5-4-12(10-14(13)21-15(17)18)22(19,20)16-8-6-11(2)7-9-16/h4-5,10-11H,3,6-9H2,1-2H3. The lowest BCUT2D eigenvalue weighted by atomic mass is 10.0. The quantitative estimate of drug-likeness (QED) is 0.866. The van der Waals surface area contributed by atoms with Crippen molar-refractivity contribution in [3.05, 3.63) is 28.7 Å². The van der Waals surface area contributed by atoms with E-state index in [1.165, 1.54) is 14.9 Å². The maximum Gasteiger partial charge on any atom is 0.419 e. The van der Waals surface area contributed by atoms with E-state index >= 15 is 0 Å². The second kappa shape index (κ2) is 5.55. The van der Waals surface area contributed by atoms with Crippen LogP contribution in [0.15, 0.2) is 32.3 Å². The minimum absolute atomic E-state index is 0.187. The number of hydrogen-bond acceptors (Lipinski definition) is 4. The molecule has 0 N–H and O–H groups in total. The van der Waals surface area contributed by atoms with Gasteiger partial charge in [0, 0.05) is 25.7 Å². The molecule has 0 amide bonds. The highest BCUT2D eigenvalue weighted by Crippen LogP contribution is 2.25. The van der Waals surface area contributed by atoms with E-state index in [1.807, 2.05) is 6.92 Å². The first-order chi connectivity index (χ1) is 10.4. The van der Waals surface area contributed by atoms with Crippen molar-refractivity contribution >= 4 is 21.1 Å². The Balaban J connectivity index is 2.01. The van der Waals surface area contributed by atoms with Gasteiger partial charge in [0.15, 0.2) is 5.58 Å². The van der Waals surface area contributed by atoms with E-state index in [1.54, 1.807) is 12.1 Å². The zero-order valence-electron chi connectivity index (χ0n) is 12.8. The van der Waals surface area contributed by atoms with Crippen molar-refractivity contribution < 1.29 is 12.8 Å².